The molecule has 9 heteroatoms. The Morgan fingerprint density at radius 2 is 2.21 bits per heavy atom. The lowest BCUT2D eigenvalue weighted by atomic mass is 10.2. The maximum absolute atomic E-state index is 11.9. The standard InChI is InChI=1S/C10H7ClN4O3S/c1-5-3-13-10(19-5)14-9(16)7-2-6(15(17)18)4-12-8(7)11/h2-4H,1H3,(H,13,14,16). The number of halogens is 1. The third-order valence-corrected chi connectivity index (χ3v) is 3.25. The molecule has 0 aliphatic heterocycles. The lowest BCUT2D eigenvalue weighted by Gasteiger charge is -2.03. The maximum Gasteiger partial charge on any atom is 0.288 e. The number of hydrogen-bond acceptors (Lipinski definition) is 6. The highest BCUT2D eigenvalue weighted by Gasteiger charge is 2.18. The van der Waals surface area contributed by atoms with E-state index in [1.54, 1.807) is 6.20 Å². The third kappa shape index (κ3) is 3.04. The highest BCUT2D eigenvalue weighted by Crippen LogP contribution is 2.22. The number of amides is 1. The summed E-state index contributed by atoms with van der Waals surface area (Å²) in [6.45, 7) is 1.84. The van der Waals surface area contributed by atoms with E-state index in [2.05, 4.69) is 15.3 Å². The largest absolute Gasteiger partial charge is 0.298 e. The van der Waals surface area contributed by atoms with Gasteiger partial charge >= 0.3 is 0 Å². The molecule has 0 spiro atoms. The molecule has 98 valence electrons. The third-order valence-electron chi connectivity index (χ3n) is 2.12. The molecule has 0 bridgehead atoms. The summed E-state index contributed by atoms with van der Waals surface area (Å²) in [7, 11) is 0. The molecule has 0 aliphatic rings. The average Bonchev–Trinajstić information content (AvgIpc) is 2.74. The van der Waals surface area contributed by atoms with Crippen molar-refractivity contribution in [1.29, 1.82) is 0 Å². The number of carbonyl (C=O) groups is 1. The highest BCUT2D eigenvalue weighted by molar-refractivity contribution is 7.15. The van der Waals surface area contributed by atoms with Crippen LogP contribution in [0.3, 0.4) is 0 Å². The first-order valence-corrected chi connectivity index (χ1v) is 6.20. The summed E-state index contributed by atoms with van der Waals surface area (Å²) < 4.78 is 0. The molecule has 0 radical (unpaired) electrons. The molecule has 1 amide bonds. The van der Waals surface area contributed by atoms with Gasteiger partial charge in [0.05, 0.1) is 10.5 Å². The number of aromatic nitrogens is 2. The van der Waals surface area contributed by atoms with E-state index in [0.717, 1.165) is 17.1 Å². The number of nitro groups is 1. The molecule has 2 rings (SSSR count). The molecule has 2 heterocycles. The van der Waals surface area contributed by atoms with Gasteiger partial charge in [0.25, 0.3) is 11.6 Å². The SMILES string of the molecule is Cc1cnc(NC(=O)c2cc([N+](=O)[O-])cnc2Cl)s1. The highest BCUT2D eigenvalue weighted by atomic mass is 35.5. The van der Waals surface area contributed by atoms with E-state index in [1.807, 2.05) is 6.92 Å². The molecular weight excluding hydrogens is 292 g/mol. The number of nitrogens with one attached hydrogen (secondary N) is 1. The van der Waals surface area contributed by atoms with E-state index < -0.39 is 10.8 Å². The van der Waals surface area contributed by atoms with Crippen molar-refractivity contribution in [2.24, 2.45) is 0 Å². The summed E-state index contributed by atoms with van der Waals surface area (Å²) >= 11 is 7.04. The summed E-state index contributed by atoms with van der Waals surface area (Å²) in [5.41, 5.74) is -0.367. The van der Waals surface area contributed by atoms with Crippen molar-refractivity contribution in [2.75, 3.05) is 5.32 Å². The molecule has 0 fully saturated rings. The number of thiazole rings is 1. The van der Waals surface area contributed by atoms with Crippen molar-refractivity contribution >= 4 is 39.7 Å². The Morgan fingerprint density at radius 3 is 2.79 bits per heavy atom. The van der Waals surface area contributed by atoms with Crippen LogP contribution >= 0.6 is 22.9 Å². The van der Waals surface area contributed by atoms with Crippen LogP contribution < -0.4 is 5.32 Å². The van der Waals surface area contributed by atoms with Gasteiger partial charge in [0, 0.05) is 17.1 Å². The van der Waals surface area contributed by atoms with Crippen LogP contribution in [-0.4, -0.2) is 20.8 Å². The fourth-order valence-electron chi connectivity index (χ4n) is 1.27. The fraction of sp³-hybridized carbons (Fsp3) is 0.100. The minimum atomic E-state index is -0.645. The monoisotopic (exact) mass is 298 g/mol. The number of anilines is 1. The predicted molar refractivity (Wildman–Crippen MR) is 70.7 cm³/mol. The summed E-state index contributed by atoms with van der Waals surface area (Å²) in [6, 6.07) is 1.07. The van der Waals surface area contributed by atoms with Gasteiger partial charge in [0.2, 0.25) is 0 Å². The number of rotatable bonds is 3. The van der Waals surface area contributed by atoms with E-state index in [4.69, 9.17) is 11.6 Å². The van der Waals surface area contributed by atoms with Crippen molar-refractivity contribution < 1.29 is 9.72 Å². The smallest absolute Gasteiger partial charge is 0.288 e. The Bertz CT molecular complexity index is 658. The lowest BCUT2D eigenvalue weighted by molar-refractivity contribution is -0.385. The maximum atomic E-state index is 11.9. The molecule has 7 nitrogen and oxygen atoms in total. The zero-order chi connectivity index (χ0) is 14.0. The van der Waals surface area contributed by atoms with Gasteiger partial charge in [-0.15, -0.1) is 11.3 Å². The van der Waals surface area contributed by atoms with Gasteiger partial charge in [-0.1, -0.05) is 11.6 Å². The molecule has 0 atom stereocenters. The Balaban J connectivity index is 2.27. The molecule has 2 aromatic rings. The van der Waals surface area contributed by atoms with Crippen LogP contribution in [0.2, 0.25) is 5.15 Å². The van der Waals surface area contributed by atoms with Crippen LogP contribution in [0, 0.1) is 17.0 Å². The lowest BCUT2D eigenvalue weighted by Crippen LogP contribution is -2.13. The molecule has 19 heavy (non-hydrogen) atoms. The molecule has 0 aliphatic carbocycles. The topological polar surface area (TPSA) is 98.0 Å². The van der Waals surface area contributed by atoms with Crippen molar-refractivity contribution in [3.8, 4) is 0 Å². The number of nitrogens with zero attached hydrogens (tertiary/aromatic N) is 3. The van der Waals surface area contributed by atoms with Gasteiger partial charge in [0.15, 0.2) is 5.13 Å². The van der Waals surface area contributed by atoms with Crippen LogP contribution in [0.4, 0.5) is 10.8 Å². The Labute approximate surface area is 116 Å². The first kappa shape index (κ1) is 13.4. The fourth-order valence-corrected chi connectivity index (χ4v) is 2.12. The number of aryl methyl sites for hydroxylation is 1. The Hall–Kier alpha value is -2.06. The summed E-state index contributed by atoms with van der Waals surface area (Å²) in [4.78, 5) is 30.4. The van der Waals surface area contributed by atoms with Gasteiger partial charge in [-0.05, 0) is 6.92 Å². The van der Waals surface area contributed by atoms with Crippen LogP contribution in [0.5, 0.6) is 0 Å². The van der Waals surface area contributed by atoms with E-state index in [9.17, 15) is 14.9 Å². The second kappa shape index (κ2) is 5.29. The van der Waals surface area contributed by atoms with Crippen LogP contribution in [0.25, 0.3) is 0 Å². The average molecular weight is 299 g/mol. The summed E-state index contributed by atoms with van der Waals surface area (Å²) in [6.07, 6.45) is 2.60. The predicted octanol–water partition coefficient (Wildman–Crippen LogP) is 2.66. The van der Waals surface area contributed by atoms with E-state index in [-0.39, 0.29) is 16.4 Å². The summed E-state index contributed by atoms with van der Waals surface area (Å²) in [5, 5.41) is 13.4. The molecule has 1 N–H and O–H groups in total. The first-order valence-electron chi connectivity index (χ1n) is 5.01. The second-order valence-corrected chi connectivity index (χ2v) is 5.11. The number of carbonyl (C=O) groups excluding carboxylic acids is 1. The van der Waals surface area contributed by atoms with Gasteiger partial charge in [-0.2, -0.15) is 0 Å². The van der Waals surface area contributed by atoms with Crippen LogP contribution in [-0.2, 0) is 0 Å². The van der Waals surface area contributed by atoms with Crippen LogP contribution in [0.1, 0.15) is 15.2 Å². The quantitative estimate of drug-likeness (QED) is 0.533. The van der Waals surface area contributed by atoms with Crippen molar-refractivity contribution in [2.45, 2.75) is 6.92 Å². The van der Waals surface area contributed by atoms with Crippen molar-refractivity contribution in [3.05, 3.63) is 44.2 Å². The number of hydrogen-bond donors (Lipinski definition) is 1. The van der Waals surface area contributed by atoms with Gasteiger partial charge < -0.3 is 0 Å². The number of pyridine rings is 1. The summed E-state index contributed by atoms with van der Waals surface area (Å²) in [5.74, 6) is -0.587. The van der Waals surface area contributed by atoms with Gasteiger partial charge in [0.1, 0.15) is 11.3 Å². The minimum Gasteiger partial charge on any atom is -0.298 e. The zero-order valence-electron chi connectivity index (χ0n) is 9.58. The van der Waals surface area contributed by atoms with Gasteiger partial charge in [-0.25, -0.2) is 9.97 Å². The van der Waals surface area contributed by atoms with E-state index in [0.29, 0.717) is 5.13 Å². The van der Waals surface area contributed by atoms with E-state index >= 15 is 0 Å². The molecule has 0 saturated heterocycles. The Morgan fingerprint density at radius 1 is 1.47 bits per heavy atom. The van der Waals surface area contributed by atoms with E-state index in [1.165, 1.54) is 11.3 Å². The van der Waals surface area contributed by atoms with Crippen molar-refractivity contribution in [3.63, 3.8) is 0 Å². The minimum absolute atomic E-state index is 0.0660. The second-order valence-electron chi connectivity index (χ2n) is 3.52. The zero-order valence-corrected chi connectivity index (χ0v) is 11.2. The normalized spacial score (nSPS) is 10.2. The molecule has 2 aromatic heterocycles. The molecule has 0 saturated carbocycles. The first-order chi connectivity index (χ1) is 8.97. The van der Waals surface area contributed by atoms with Crippen molar-refractivity contribution in [1.82, 2.24) is 9.97 Å². The molecule has 0 aromatic carbocycles. The Kier molecular flexibility index (Phi) is 3.72. The molecule has 0 unspecified atom stereocenters. The van der Waals surface area contributed by atoms with Crippen LogP contribution in [0.15, 0.2) is 18.5 Å². The molecular formula is C10H7ClN4O3S. The van der Waals surface area contributed by atoms with Gasteiger partial charge in [-0.3, -0.25) is 20.2 Å².